The number of benzene rings is 1. The van der Waals surface area contributed by atoms with E-state index in [1.54, 1.807) is 0 Å². The van der Waals surface area contributed by atoms with Crippen LogP contribution in [0, 0.1) is 13.8 Å². The molecule has 1 aromatic carbocycles. The molecule has 2 aromatic heterocycles. The molecule has 0 atom stereocenters. The Morgan fingerprint density at radius 1 is 1.00 bits per heavy atom. The maximum absolute atomic E-state index is 12.3. The lowest BCUT2D eigenvalue weighted by atomic mass is 10.1. The molecule has 3 aromatic rings. The lowest BCUT2D eigenvalue weighted by molar-refractivity contribution is 0.0950. The van der Waals surface area contributed by atoms with Crippen LogP contribution in [-0.4, -0.2) is 11.7 Å². The SMILES string of the molecule is Cc1cc(C)cc(C(=O)NCc2ccc(C(=O)c3cccs3)s2)c1. The molecule has 5 heteroatoms. The first-order valence-electron chi connectivity index (χ1n) is 7.56. The molecule has 1 N–H and O–H groups in total. The largest absolute Gasteiger partial charge is 0.347 e. The standard InChI is InChI=1S/C19H17NO2S2/c1-12-8-13(2)10-14(9-12)19(22)20-11-15-5-6-17(24-15)18(21)16-4-3-7-23-16/h3-10H,11H2,1-2H3,(H,20,22). The molecule has 0 aliphatic rings. The highest BCUT2D eigenvalue weighted by atomic mass is 32.1. The van der Waals surface area contributed by atoms with Crippen molar-refractivity contribution in [2.75, 3.05) is 0 Å². The topological polar surface area (TPSA) is 46.2 Å². The second-order valence-electron chi connectivity index (χ2n) is 5.63. The Bertz CT molecular complexity index is 858. The second kappa shape index (κ2) is 7.11. The van der Waals surface area contributed by atoms with Crippen molar-refractivity contribution in [2.45, 2.75) is 20.4 Å². The number of nitrogens with one attached hydrogen (secondary N) is 1. The van der Waals surface area contributed by atoms with Crippen molar-refractivity contribution in [2.24, 2.45) is 0 Å². The average Bonchev–Trinajstić information content (AvgIpc) is 3.22. The number of amides is 1. The van der Waals surface area contributed by atoms with Crippen LogP contribution in [0.5, 0.6) is 0 Å². The fourth-order valence-electron chi connectivity index (χ4n) is 2.50. The van der Waals surface area contributed by atoms with Gasteiger partial charge in [-0.15, -0.1) is 22.7 Å². The van der Waals surface area contributed by atoms with Crippen molar-refractivity contribution < 1.29 is 9.59 Å². The van der Waals surface area contributed by atoms with Gasteiger partial charge in [0, 0.05) is 10.4 Å². The van der Waals surface area contributed by atoms with Gasteiger partial charge in [-0.1, -0.05) is 23.3 Å². The van der Waals surface area contributed by atoms with E-state index in [4.69, 9.17) is 0 Å². The zero-order chi connectivity index (χ0) is 17.1. The molecule has 0 saturated carbocycles. The highest BCUT2D eigenvalue weighted by molar-refractivity contribution is 7.16. The van der Waals surface area contributed by atoms with Crippen LogP contribution in [0.3, 0.4) is 0 Å². The van der Waals surface area contributed by atoms with Crippen LogP contribution in [0.1, 0.15) is 40.9 Å². The van der Waals surface area contributed by atoms with E-state index in [-0.39, 0.29) is 11.7 Å². The summed E-state index contributed by atoms with van der Waals surface area (Å²) in [6, 6.07) is 13.2. The number of carbonyl (C=O) groups is 2. The van der Waals surface area contributed by atoms with Gasteiger partial charge in [-0.25, -0.2) is 0 Å². The minimum atomic E-state index is -0.0960. The summed E-state index contributed by atoms with van der Waals surface area (Å²) < 4.78 is 0. The van der Waals surface area contributed by atoms with Gasteiger partial charge in [0.15, 0.2) is 0 Å². The van der Waals surface area contributed by atoms with Crippen LogP contribution < -0.4 is 5.32 Å². The Labute approximate surface area is 149 Å². The summed E-state index contributed by atoms with van der Waals surface area (Å²) in [4.78, 5) is 27.0. The van der Waals surface area contributed by atoms with Crippen LogP contribution in [0.15, 0.2) is 47.8 Å². The molecule has 0 fully saturated rings. The molecule has 24 heavy (non-hydrogen) atoms. The third-order valence-electron chi connectivity index (χ3n) is 3.54. The summed E-state index contributed by atoms with van der Waals surface area (Å²) in [5.74, 6) is -0.0526. The summed E-state index contributed by atoms with van der Waals surface area (Å²) in [6.45, 7) is 4.38. The van der Waals surface area contributed by atoms with E-state index in [9.17, 15) is 9.59 Å². The normalized spacial score (nSPS) is 10.6. The Kier molecular flexibility index (Phi) is 4.92. The van der Waals surface area contributed by atoms with Crippen molar-refractivity contribution in [3.63, 3.8) is 0 Å². The first-order chi connectivity index (χ1) is 11.5. The molecule has 3 nitrogen and oxygen atoms in total. The fraction of sp³-hybridized carbons (Fsp3) is 0.158. The van der Waals surface area contributed by atoms with Crippen molar-refractivity contribution in [3.8, 4) is 0 Å². The molecular weight excluding hydrogens is 338 g/mol. The third kappa shape index (κ3) is 3.80. The van der Waals surface area contributed by atoms with Gasteiger partial charge in [0.2, 0.25) is 5.78 Å². The molecule has 0 spiro atoms. The van der Waals surface area contributed by atoms with Gasteiger partial charge in [-0.3, -0.25) is 9.59 Å². The number of thiophene rings is 2. The smallest absolute Gasteiger partial charge is 0.251 e. The molecule has 122 valence electrons. The van der Waals surface area contributed by atoms with Gasteiger partial charge in [-0.2, -0.15) is 0 Å². The van der Waals surface area contributed by atoms with E-state index in [0.29, 0.717) is 17.0 Å². The van der Waals surface area contributed by atoms with Gasteiger partial charge < -0.3 is 5.32 Å². The predicted octanol–water partition coefficient (Wildman–Crippen LogP) is 4.59. The fourth-order valence-corrected chi connectivity index (χ4v) is 4.14. The Hall–Kier alpha value is -2.24. The molecule has 2 heterocycles. The van der Waals surface area contributed by atoms with E-state index < -0.39 is 0 Å². The van der Waals surface area contributed by atoms with Gasteiger partial charge in [-0.05, 0) is 49.6 Å². The maximum Gasteiger partial charge on any atom is 0.251 e. The molecule has 0 aliphatic carbocycles. The zero-order valence-electron chi connectivity index (χ0n) is 13.5. The summed E-state index contributed by atoms with van der Waals surface area (Å²) in [6.07, 6.45) is 0. The molecule has 0 aliphatic heterocycles. The Balaban J connectivity index is 1.65. The number of rotatable bonds is 5. The predicted molar refractivity (Wildman–Crippen MR) is 99.2 cm³/mol. The van der Waals surface area contributed by atoms with E-state index in [1.165, 1.54) is 22.7 Å². The first-order valence-corrected chi connectivity index (χ1v) is 9.26. The van der Waals surface area contributed by atoms with E-state index >= 15 is 0 Å². The van der Waals surface area contributed by atoms with E-state index in [1.807, 2.05) is 61.7 Å². The molecule has 0 bridgehead atoms. The van der Waals surface area contributed by atoms with Gasteiger partial charge in [0.05, 0.1) is 16.3 Å². The maximum atomic E-state index is 12.3. The minimum Gasteiger partial charge on any atom is -0.347 e. The van der Waals surface area contributed by atoms with Crippen molar-refractivity contribution in [1.29, 1.82) is 0 Å². The summed E-state index contributed by atoms with van der Waals surface area (Å²) >= 11 is 2.87. The van der Waals surface area contributed by atoms with E-state index in [2.05, 4.69) is 5.32 Å². The Morgan fingerprint density at radius 3 is 2.42 bits per heavy atom. The lowest BCUT2D eigenvalue weighted by Gasteiger charge is -2.06. The number of hydrogen-bond acceptors (Lipinski definition) is 4. The molecular formula is C19H17NO2S2. The third-order valence-corrected chi connectivity index (χ3v) is 5.49. The second-order valence-corrected chi connectivity index (χ2v) is 7.75. The number of carbonyl (C=O) groups excluding carboxylic acids is 2. The van der Waals surface area contributed by atoms with Crippen LogP contribution in [0.4, 0.5) is 0 Å². The number of hydrogen-bond donors (Lipinski definition) is 1. The highest BCUT2D eigenvalue weighted by Gasteiger charge is 2.13. The van der Waals surface area contributed by atoms with E-state index in [0.717, 1.165) is 20.9 Å². The summed E-state index contributed by atoms with van der Waals surface area (Å²) in [5, 5.41) is 4.81. The van der Waals surface area contributed by atoms with Crippen LogP contribution >= 0.6 is 22.7 Å². The molecule has 0 radical (unpaired) electrons. The number of aryl methyl sites for hydroxylation is 2. The molecule has 0 unspecified atom stereocenters. The first kappa shape index (κ1) is 16.6. The van der Waals surface area contributed by atoms with Crippen molar-refractivity contribution in [1.82, 2.24) is 5.32 Å². The number of ketones is 1. The molecule has 0 saturated heterocycles. The van der Waals surface area contributed by atoms with Gasteiger partial charge >= 0.3 is 0 Å². The minimum absolute atomic E-state index is 0.0434. The monoisotopic (exact) mass is 355 g/mol. The highest BCUT2D eigenvalue weighted by Crippen LogP contribution is 2.22. The average molecular weight is 355 g/mol. The van der Waals surface area contributed by atoms with Gasteiger partial charge in [0.25, 0.3) is 5.91 Å². The lowest BCUT2D eigenvalue weighted by Crippen LogP contribution is -2.22. The molecule has 3 rings (SSSR count). The molecule has 1 amide bonds. The van der Waals surface area contributed by atoms with Crippen molar-refractivity contribution in [3.05, 3.63) is 79.2 Å². The summed E-state index contributed by atoms with van der Waals surface area (Å²) in [5.41, 5.74) is 2.80. The van der Waals surface area contributed by atoms with Gasteiger partial charge in [0.1, 0.15) is 0 Å². The van der Waals surface area contributed by atoms with Crippen LogP contribution in [-0.2, 0) is 6.54 Å². The van der Waals surface area contributed by atoms with Crippen molar-refractivity contribution >= 4 is 34.4 Å². The quantitative estimate of drug-likeness (QED) is 0.681. The van der Waals surface area contributed by atoms with Crippen LogP contribution in [0.25, 0.3) is 0 Å². The summed E-state index contributed by atoms with van der Waals surface area (Å²) in [7, 11) is 0. The van der Waals surface area contributed by atoms with Crippen LogP contribution in [0.2, 0.25) is 0 Å². The zero-order valence-corrected chi connectivity index (χ0v) is 15.1. The Morgan fingerprint density at radius 2 is 1.75 bits per heavy atom.